The summed E-state index contributed by atoms with van der Waals surface area (Å²) in [5.41, 5.74) is 3.15. The first-order valence-electron chi connectivity index (χ1n) is 8.66. The zero-order valence-electron chi connectivity index (χ0n) is 13.7. The molecule has 0 bridgehead atoms. The number of ether oxygens (including phenoxy) is 1. The molecular formula is C20H22N2O2. The first kappa shape index (κ1) is 15.1. The number of fused-ring (bicyclic) bond motifs is 1. The Bertz CT molecular complexity index is 722. The lowest BCUT2D eigenvalue weighted by Gasteiger charge is -2.34. The van der Waals surface area contributed by atoms with Crippen LogP contribution in [0.4, 0.5) is 5.69 Å². The number of carbonyl (C=O) groups is 1. The van der Waals surface area contributed by atoms with Crippen LogP contribution in [0.2, 0.25) is 0 Å². The van der Waals surface area contributed by atoms with E-state index >= 15 is 0 Å². The van der Waals surface area contributed by atoms with Crippen LogP contribution in [-0.4, -0.2) is 31.6 Å². The fraction of sp³-hybridized carbons (Fsp3) is 0.350. The van der Waals surface area contributed by atoms with Crippen molar-refractivity contribution >= 4 is 11.6 Å². The first-order valence-corrected chi connectivity index (χ1v) is 8.66. The minimum atomic E-state index is 0.0304. The highest BCUT2D eigenvalue weighted by atomic mass is 16.5. The molecule has 0 saturated carbocycles. The van der Waals surface area contributed by atoms with Gasteiger partial charge in [-0.1, -0.05) is 18.2 Å². The molecule has 4 rings (SSSR count). The molecule has 1 N–H and O–H groups in total. The molecule has 2 aliphatic rings. The normalized spacial score (nSPS) is 17.2. The van der Waals surface area contributed by atoms with Gasteiger partial charge in [-0.25, -0.2) is 0 Å². The van der Waals surface area contributed by atoms with Crippen LogP contribution in [0.15, 0.2) is 48.5 Å². The lowest BCUT2D eigenvalue weighted by atomic mass is 10.0. The highest BCUT2D eigenvalue weighted by Gasteiger charge is 2.22. The number of hydrogen-bond acceptors (Lipinski definition) is 3. The fourth-order valence-corrected chi connectivity index (χ4v) is 3.52. The molecule has 1 amide bonds. The van der Waals surface area contributed by atoms with Gasteiger partial charge in [0.2, 0.25) is 0 Å². The van der Waals surface area contributed by atoms with Gasteiger partial charge in [0.25, 0.3) is 5.91 Å². The topological polar surface area (TPSA) is 41.6 Å². The molecule has 0 unspecified atom stereocenters. The monoisotopic (exact) mass is 322 g/mol. The van der Waals surface area contributed by atoms with Gasteiger partial charge in [0.15, 0.2) is 0 Å². The molecule has 1 fully saturated rings. The Morgan fingerprint density at radius 2 is 1.88 bits per heavy atom. The number of carbonyl (C=O) groups excluding carboxylic acids is 1. The molecule has 0 aliphatic carbocycles. The average Bonchev–Trinajstić information content (AvgIpc) is 3.11. The molecule has 4 nitrogen and oxygen atoms in total. The quantitative estimate of drug-likeness (QED) is 0.944. The second kappa shape index (κ2) is 6.56. The van der Waals surface area contributed by atoms with Crippen molar-refractivity contribution in [2.45, 2.75) is 25.3 Å². The second-order valence-corrected chi connectivity index (χ2v) is 6.49. The van der Waals surface area contributed by atoms with Crippen molar-refractivity contribution in [1.82, 2.24) is 5.32 Å². The summed E-state index contributed by atoms with van der Waals surface area (Å²) in [6, 6.07) is 16.5. The minimum absolute atomic E-state index is 0.0304. The second-order valence-electron chi connectivity index (χ2n) is 6.49. The maximum atomic E-state index is 12.5. The van der Waals surface area contributed by atoms with Crippen molar-refractivity contribution in [3.05, 3.63) is 59.7 Å². The molecule has 0 radical (unpaired) electrons. The molecule has 124 valence electrons. The Hall–Kier alpha value is -2.49. The number of anilines is 1. The molecular weight excluding hydrogens is 300 g/mol. The van der Waals surface area contributed by atoms with Gasteiger partial charge in [0.05, 0.1) is 6.61 Å². The molecule has 0 aromatic heterocycles. The number of amides is 1. The minimum Gasteiger partial charge on any atom is -0.493 e. The Morgan fingerprint density at radius 3 is 2.67 bits per heavy atom. The maximum Gasteiger partial charge on any atom is 0.251 e. The van der Waals surface area contributed by atoms with Crippen LogP contribution in [-0.2, 0) is 6.42 Å². The fourth-order valence-electron chi connectivity index (χ4n) is 3.52. The zero-order valence-corrected chi connectivity index (χ0v) is 13.7. The summed E-state index contributed by atoms with van der Waals surface area (Å²) in [5, 5.41) is 3.19. The van der Waals surface area contributed by atoms with Crippen LogP contribution in [0.1, 0.15) is 28.8 Å². The van der Waals surface area contributed by atoms with Gasteiger partial charge >= 0.3 is 0 Å². The first-order chi connectivity index (χ1) is 11.8. The van der Waals surface area contributed by atoms with Crippen molar-refractivity contribution in [2.24, 2.45) is 0 Å². The summed E-state index contributed by atoms with van der Waals surface area (Å²) in [7, 11) is 0. The van der Waals surface area contributed by atoms with E-state index in [-0.39, 0.29) is 11.9 Å². The third kappa shape index (κ3) is 3.09. The van der Waals surface area contributed by atoms with Crippen LogP contribution < -0.4 is 15.0 Å². The molecule has 0 spiro atoms. The number of hydrogen-bond donors (Lipinski definition) is 1. The predicted octanol–water partition coefficient (Wildman–Crippen LogP) is 3.02. The summed E-state index contributed by atoms with van der Waals surface area (Å²) < 4.78 is 5.50. The zero-order chi connectivity index (χ0) is 16.4. The van der Waals surface area contributed by atoms with Crippen LogP contribution in [0.25, 0.3) is 0 Å². The van der Waals surface area contributed by atoms with Crippen LogP contribution in [0, 0.1) is 0 Å². The van der Waals surface area contributed by atoms with Crippen molar-refractivity contribution in [2.75, 3.05) is 24.6 Å². The van der Waals surface area contributed by atoms with Gasteiger partial charge in [-0.05, 0) is 48.7 Å². The van der Waals surface area contributed by atoms with E-state index in [0.717, 1.165) is 55.8 Å². The Labute approximate surface area is 142 Å². The van der Waals surface area contributed by atoms with E-state index in [0.29, 0.717) is 0 Å². The number of piperidine rings is 1. The van der Waals surface area contributed by atoms with E-state index in [9.17, 15) is 4.79 Å². The summed E-state index contributed by atoms with van der Waals surface area (Å²) in [6.45, 7) is 2.68. The summed E-state index contributed by atoms with van der Waals surface area (Å²) >= 11 is 0. The average molecular weight is 322 g/mol. The molecule has 2 aliphatic heterocycles. The van der Waals surface area contributed by atoms with Gasteiger partial charge in [0.1, 0.15) is 5.75 Å². The van der Waals surface area contributed by atoms with Crippen molar-refractivity contribution < 1.29 is 9.53 Å². The van der Waals surface area contributed by atoms with Crippen molar-refractivity contribution in [3.8, 4) is 5.75 Å². The van der Waals surface area contributed by atoms with Gasteiger partial charge in [-0.3, -0.25) is 4.79 Å². The molecule has 2 aromatic carbocycles. The van der Waals surface area contributed by atoms with Crippen molar-refractivity contribution in [1.29, 1.82) is 0 Å². The van der Waals surface area contributed by atoms with E-state index in [1.807, 2.05) is 24.3 Å². The van der Waals surface area contributed by atoms with E-state index in [1.165, 1.54) is 5.69 Å². The third-order valence-electron chi connectivity index (χ3n) is 4.90. The Morgan fingerprint density at radius 1 is 1.08 bits per heavy atom. The molecule has 2 heterocycles. The standard InChI is InChI=1S/C20H22N2O2/c23-20(16-6-7-19-15(14-16)10-13-24-19)21-17-8-11-22(12-9-17)18-4-2-1-3-5-18/h1-7,14,17H,8-13H2,(H,21,23). The summed E-state index contributed by atoms with van der Waals surface area (Å²) in [4.78, 5) is 14.9. The highest BCUT2D eigenvalue weighted by molar-refractivity contribution is 5.94. The van der Waals surface area contributed by atoms with E-state index < -0.39 is 0 Å². The van der Waals surface area contributed by atoms with Crippen molar-refractivity contribution in [3.63, 3.8) is 0 Å². The number of nitrogens with one attached hydrogen (secondary N) is 1. The SMILES string of the molecule is O=C(NC1CCN(c2ccccc2)CC1)c1ccc2c(c1)CCO2. The molecule has 1 saturated heterocycles. The van der Waals surface area contributed by atoms with E-state index in [2.05, 4.69) is 34.5 Å². The van der Waals surface area contributed by atoms with Gasteiger partial charge in [-0.15, -0.1) is 0 Å². The molecule has 4 heteroatoms. The van der Waals surface area contributed by atoms with Crippen LogP contribution in [0.5, 0.6) is 5.75 Å². The van der Waals surface area contributed by atoms with Gasteiger partial charge in [0, 0.05) is 36.8 Å². The van der Waals surface area contributed by atoms with Crippen LogP contribution >= 0.6 is 0 Å². The van der Waals surface area contributed by atoms with E-state index in [1.54, 1.807) is 0 Å². The lowest BCUT2D eigenvalue weighted by molar-refractivity contribution is 0.0931. The van der Waals surface area contributed by atoms with Gasteiger partial charge < -0.3 is 15.0 Å². The van der Waals surface area contributed by atoms with Gasteiger partial charge in [-0.2, -0.15) is 0 Å². The maximum absolute atomic E-state index is 12.5. The lowest BCUT2D eigenvalue weighted by Crippen LogP contribution is -2.44. The third-order valence-corrected chi connectivity index (χ3v) is 4.90. The highest BCUT2D eigenvalue weighted by Crippen LogP contribution is 2.26. The number of rotatable bonds is 3. The Balaban J connectivity index is 1.34. The Kier molecular flexibility index (Phi) is 4.11. The predicted molar refractivity (Wildman–Crippen MR) is 94.8 cm³/mol. The number of benzene rings is 2. The number of nitrogens with zero attached hydrogens (tertiary/aromatic N) is 1. The molecule has 2 aromatic rings. The van der Waals surface area contributed by atoms with E-state index in [4.69, 9.17) is 4.74 Å². The smallest absolute Gasteiger partial charge is 0.251 e. The summed E-state index contributed by atoms with van der Waals surface area (Å²) in [6.07, 6.45) is 2.86. The molecule has 24 heavy (non-hydrogen) atoms. The largest absolute Gasteiger partial charge is 0.493 e. The molecule has 0 atom stereocenters. The number of para-hydroxylation sites is 1. The summed E-state index contributed by atoms with van der Waals surface area (Å²) in [5.74, 6) is 0.950. The van der Waals surface area contributed by atoms with Crippen LogP contribution in [0.3, 0.4) is 0 Å².